The van der Waals surface area contributed by atoms with E-state index in [2.05, 4.69) is 41.8 Å². The number of amides is 1. The van der Waals surface area contributed by atoms with Crippen LogP contribution in [0.3, 0.4) is 0 Å². The van der Waals surface area contributed by atoms with Crippen LogP contribution < -0.4 is 10.5 Å². The first-order valence-corrected chi connectivity index (χ1v) is 13.9. The van der Waals surface area contributed by atoms with Gasteiger partial charge >= 0.3 is 0 Å². The van der Waals surface area contributed by atoms with E-state index >= 15 is 0 Å². The Morgan fingerprint density at radius 3 is 2.54 bits per heavy atom. The van der Waals surface area contributed by atoms with Gasteiger partial charge in [0.05, 0.1) is 4.91 Å². The Morgan fingerprint density at radius 1 is 1.22 bits per heavy atom. The van der Waals surface area contributed by atoms with Gasteiger partial charge in [0.25, 0.3) is 11.5 Å². The maximum atomic E-state index is 13.4. The molecule has 2 aromatic rings. The minimum Gasteiger partial charge on any atom is -0.357 e. The van der Waals surface area contributed by atoms with E-state index in [1.54, 1.807) is 17.6 Å². The molecule has 2 saturated heterocycles. The van der Waals surface area contributed by atoms with E-state index in [1.165, 1.54) is 22.2 Å². The molecule has 0 spiro atoms. The normalized spacial score (nSPS) is 17.5. The molecule has 0 atom stereocenters. The lowest BCUT2D eigenvalue weighted by Crippen LogP contribution is -2.40. The highest BCUT2D eigenvalue weighted by atomic mass is 32.2. The Labute approximate surface area is 228 Å². The maximum absolute atomic E-state index is 13.4. The van der Waals surface area contributed by atoms with E-state index in [0.29, 0.717) is 33.8 Å². The second-order valence-electron chi connectivity index (χ2n) is 9.51. The Hall–Kier alpha value is -3.15. The number of benzene rings is 1. The van der Waals surface area contributed by atoms with Crippen LogP contribution in [0, 0.1) is 24.2 Å². The maximum Gasteiger partial charge on any atom is 0.270 e. The van der Waals surface area contributed by atoms with Crippen molar-refractivity contribution in [3.63, 3.8) is 0 Å². The van der Waals surface area contributed by atoms with Crippen LogP contribution in [0.5, 0.6) is 0 Å². The van der Waals surface area contributed by atoms with Gasteiger partial charge in [0.2, 0.25) is 0 Å². The number of nitrogens with zero attached hydrogens (tertiary/aromatic N) is 4. The summed E-state index contributed by atoms with van der Waals surface area (Å²) < 4.78 is 2.22. The smallest absolute Gasteiger partial charge is 0.270 e. The van der Waals surface area contributed by atoms with Gasteiger partial charge in [-0.2, -0.15) is 5.26 Å². The van der Waals surface area contributed by atoms with Gasteiger partial charge in [-0.15, -0.1) is 6.58 Å². The number of thioether (sulfide) groups is 1. The van der Waals surface area contributed by atoms with Crippen molar-refractivity contribution >= 4 is 46.1 Å². The van der Waals surface area contributed by atoms with Gasteiger partial charge in [-0.3, -0.25) is 19.1 Å². The van der Waals surface area contributed by atoms with Gasteiger partial charge in [0.1, 0.15) is 21.8 Å². The molecular weight excluding hydrogens is 500 g/mol. The van der Waals surface area contributed by atoms with Gasteiger partial charge in [-0.1, -0.05) is 67.3 Å². The van der Waals surface area contributed by atoms with Crippen LogP contribution >= 0.6 is 24.0 Å². The largest absolute Gasteiger partial charge is 0.357 e. The second-order valence-corrected chi connectivity index (χ2v) is 11.2. The van der Waals surface area contributed by atoms with Crippen molar-refractivity contribution in [1.29, 1.82) is 5.26 Å². The first kappa shape index (κ1) is 26.9. The molecule has 37 heavy (non-hydrogen) atoms. The lowest BCUT2D eigenvalue weighted by molar-refractivity contribution is -0.121. The third-order valence-electron chi connectivity index (χ3n) is 7.04. The molecule has 1 aromatic heterocycles. The highest BCUT2D eigenvalue weighted by molar-refractivity contribution is 8.26. The molecule has 3 heterocycles. The summed E-state index contributed by atoms with van der Waals surface area (Å²) in [4.78, 5) is 30.8. The number of hydrogen-bond acceptors (Lipinski definition) is 6. The molecule has 1 amide bonds. The lowest BCUT2D eigenvalue weighted by Gasteiger charge is -2.36. The van der Waals surface area contributed by atoms with Gasteiger partial charge in [-0.25, -0.2) is 0 Å². The topological polar surface area (TPSA) is 69.3 Å². The number of aromatic nitrogens is 1. The summed E-state index contributed by atoms with van der Waals surface area (Å²) in [5.74, 6) is 1.20. The van der Waals surface area contributed by atoms with Gasteiger partial charge in [0.15, 0.2) is 0 Å². The van der Waals surface area contributed by atoms with Crippen LogP contribution in [0.15, 0.2) is 52.7 Å². The van der Waals surface area contributed by atoms with Gasteiger partial charge in [-0.05, 0) is 55.7 Å². The molecule has 192 valence electrons. The quantitative estimate of drug-likeness (QED) is 0.262. The molecule has 8 heteroatoms. The van der Waals surface area contributed by atoms with E-state index < -0.39 is 0 Å². The number of carbonyl (C=O) groups excluding carboxylic acids is 1. The fourth-order valence-corrected chi connectivity index (χ4v) is 6.39. The number of hydrogen-bond donors (Lipinski definition) is 0. The number of carbonyl (C=O) groups is 1. The first-order chi connectivity index (χ1) is 17.9. The second kappa shape index (κ2) is 11.9. The third-order valence-corrected chi connectivity index (χ3v) is 8.41. The molecule has 0 aliphatic carbocycles. The monoisotopic (exact) mass is 532 g/mol. The average molecular weight is 533 g/mol. The van der Waals surface area contributed by atoms with E-state index in [4.69, 9.17) is 12.2 Å². The molecule has 4 rings (SSSR count). The van der Waals surface area contributed by atoms with E-state index in [1.807, 2.05) is 19.1 Å². The van der Waals surface area contributed by atoms with Crippen molar-refractivity contribution in [2.24, 2.45) is 5.92 Å². The Kier molecular flexibility index (Phi) is 8.67. The summed E-state index contributed by atoms with van der Waals surface area (Å²) in [5.41, 5.74) is 2.57. The van der Waals surface area contributed by atoms with Crippen molar-refractivity contribution in [3.8, 4) is 6.07 Å². The number of pyridine rings is 1. The molecule has 0 unspecified atom stereocenters. The number of anilines is 1. The molecule has 0 N–H and O–H groups in total. The van der Waals surface area contributed by atoms with Crippen LogP contribution in [0.4, 0.5) is 5.82 Å². The van der Waals surface area contributed by atoms with Crippen LogP contribution in [-0.2, 0) is 17.8 Å². The van der Waals surface area contributed by atoms with Crippen molar-refractivity contribution in [1.82, 2.24) is 9.47 Å². The van der Waals surface area contributed by atoms with E-state index in [0.717, 1.165) is 50.2 Å². The average Bonchev–Trinajstić information content (AvgIpc) is 3.16. The van der Waals surface area contributed by atoms with Crippen LogP contribution in [0.1, 0.15) is 48.4 Å². The van der Waals surface area contributed by atoms with Gasteiger partial charge in [0, 0.05) is 31.7 Å². The number of rotatable bonds is 8. The van der Waals surface area contributed by atoms with E-state index in [-0.39, 0.29) is 17.0 Å². The molecule has 0 radical (unpaired) electrons. The third kappa shape index (κ3) is 5.58. The van der Waals surface area contributed by atoms with Crippen molar-refractivity contribution in [3.05, 3.63) is 80.5 Å². The van der Waals surface area contributed by atoms with Crippen LogP contribution in [0.2, 0.25) is 0 Å². The fourth-order valence-electron chi connectivity index (χ4n) is 5.13. The minimum atomic E-state index is -0.264. The fraction of sp³-hybridized carbons (Fsp3) is 0.379. The predicted octanol–water partition coefficient (Wildman–Crippen LogP) is 5.28. The summed E-state index contributed by atoms with van der Waals surface area (Å²) in [6, 6.07) is 12.7. The number of thiocarbonyl (C=S) groups is 1. The molecule has 1 aromatic carbocycles. The number of nitriles is 1. The minimum absolute atomic E-state index is 0.129. The SMILES string of the molecule is C=CCN1C(=O)/C(=C\c2c(C)c(C#N)c(=O)n(CCC)c2N2CCC(Cc3ccccc3)CC2)SC1=S. The molecule has 2 aliphatic rings. The highest BCUT2D eigenvalue weighted by Gasteiger charge is 2.33. The standard InChI is InChI=1S/C29H32N4O2S2/c1-4-13-32-26(31-15-11-22(12-16-31)17-21-9-7-6-8-10-21)23(20(3)24(19-30)27(32)34)18-25-28(35)33(14-5-2)29(36)37-25/h5-10,18,22H,2,4,11-17H2,1,3H3/b25-18+. The summed E-state index contributed by atoms with van der Waals surface area (Å²) >= 11 is 6.68. The molecule has 0 bridgehead atoms. The highest BCUT2D eigenvalue weighted by Crippen LogP contribution is 2.37. The molecule has 0 saturated carbocycles. The molecular formula is C29H32N4O2S2. The van der Waals surface area contributed by atoms with Crippen molar-refractivity contribution in [2.75, 3.05) is 24.5 Å². The Morgan fingerprint density at radius 2 is 1.92 bits per heavy atom. The zero-order chi connectivity index (χ0) is 26.5. The molecule has 6 nitrogen and oxygen atoms in total. The van der Waals surface area contributed by atoms with E-state index in [9.17, 15) is 14.9 Å². The van der Waals surface area contributed by atoms with Crippen molar-refractivity contribution in [2.45, 2.75) is 46.1 Å². The Balaban J connectivity index is 1.74. The molecule has 2 fully saturated rings. The summed E-state index contributed by atoms with van der Waals surface area (Å²) in [6.07, 6.45) is 7.30. The van der Waals surface area contributed by atoms with Gasteiger partial charge < -0.3 is 4.90 Å². The summed E-state index contributed by atoms with van der Waals surface area (Å²) in [5, 5.41) is 9.85. The first-order valence-electron chi connectivity index (χ1n) is 12.7. The lowest BCUT2D eigenvalue weighted by atomic mass is 9.90. The Bertz CT molecular complexity index is 1330. The van der Waals surface area contributed by atoms with Crippen molar-refractivity contribution < 1.29 is 4.79 Å². The predicted molar refractivity (Wildman–Crippen MR) is 156 cm³/mol. The number of piperidine rings is 1. The summed E-state index contributed by atoms with van der Waals surface area (Å²) in [7, 11) is 0. The zero-order valence-electron chi connectivity index (χ0n) is 21.4. The van der Waals surface area contributed by atoms with Crippen LogP contribution in [0.25, 0.3) is 6.08 Å². The zero-order valence-corrected chi connectivity index (χ0v) is 23.0. The summed E-state index contributed by atoms with van der Waals surface area (Å²) in [6.45, 7) is 10.0. The molecule has 2 aliphatic heterocycles. The van der Waals surface area contributed by atoms with Crippen LogP contribution in [-0.4, -0.2) is 39.3 Å².